The number of H-pyrrole nitrogens is 1. The number of benzene rings is 1. The third kappa shape index (κ3) is 17.2. The van der Waals surface area contributed by atoms with Crippen LogP contribution in [0.5, 0.6) is 0 Å². The Labute approximate surface area is 313 Å². The second-order valence-electron chi connectivity index (χ2n) is 15.7. The number of unbranched alkanes of at least 4 members (excludes halogenated alkanes) is 12. The molecular weight excluding hydrogens is 653 g/mol. The lowest BCUT2D eigenvalue weighted by molar-refractivity contribution is -0.138. The van der Waals surface area contributed by atoms with Gasteiger partial charge in [0.2, 0.25) is 11.8 Å². The van der Waals surface area contributed by atoms with Crippen LogP contribution in [0.4, 0.5) is 0 Å². The molecule has 292 valence electrons. The fraction of sp³-hybridized carbons (Fsp3) is 0.690. The number of aromatic amines is 1. The van der Waals surface area contributed by atoms with Gasteiger partial charge in [-0.05, 0) is 49.7 Å². The zero-order valence-corrected chi connectivity index (χ0v) is 32.8. The number of rotatable bonds is 30. The van der Waals surface area contributed by atoms with Crippen molar-refractivity contribution in [3.63, 3.8) is 0 Å². The lowest BCUT2D eigenvalue weighted by atomic mass is 9.77. The van der Waals surface area contributed by atoms with Gasteiger partial charge >= 0.3 is 0 Å². The predicted molar refractivity (Wildman–Crippen MR) is 214 cm³/mol. The Morgan fingerprint density at radius 2 is 1.44 bits per heavy atom. The van der Waals surface area contributed by atoms with Crippen molar-refractivity contribution in [3.8, 4) is 0 Å². The first-order chi connectivity index (χ1) is 24.9. The number of nitrogens with one attached hydrogen (secondary N) is 2. The molecule has 0 bridgehead atoms. The molecule has 52 heavy (non-hydrogen) atoms. The van der Waals surface area contributed by atoms with Gasteiger partial charge in [0.1, 0.15) is 5.78 Å². The summed E-state index contributed by atoms with van der Waals surface area (Å²) >= 11 is 0. The highest BCUT2D eigenvalue weighted by atomic mass is 16.2. The monoisotopic (exact) mass is 723 g/mol. The summed E-state index contributed by atoms with van der Waals surface area (Å²) in [5.41, 5.74) is 17.5. The highest BCUT2D eigenvalue weighted by Gasteiger charge is 2.38. The summed E-state index contributed by atoms with van der Waals surface area (Å²) in [6.45, 7) is 8.30. The maximum atomic E-state index is 14.3. The Morgan fingerprint density at radius 3 is 2.02 bits per heavy atom. The predicted octanol–water partition coefficient (Wildman–Crippen LogP) is 7.80. The number of ketones is 2. The summed E-state index contributed by atoms with van der Waals surface area (Å²) in [6.07, 6.45) is 19.8. The van der Waals surface area contributed by atoms with Crippen molar-refractivity contribution in [3.05, 3.63) is 36.0 Å². The summed E-state index contributed by atoms with van der Waals surface area (Å²) in [5.74, 6) is -1.64. The van der Waals surface area contributed by atoms with E-state index in [0.717, 1.165) is 35.7 Å². The van der Waals surface area contributed by atoms with Crippen molar-refractivity contribution in [2.75, 3.05) is 6.54 Å². The second kappa shape index (κ2) is 24.5. The number of Topliss-reactive ketones (excluding diaryl/α,β-unsaturated/α-hetero) is 2. The first kappa shape index (κ1) is 44.5. The number of para-hydroxylation sites is 1. The molecule has 0 fully saturated rings. The minimum atomic E-state index is -1.11. The molecule has 3 atom stereocenters. The highest BCUT2D eigenvalue weighted by molar-refractivity contribution is 5.95. The van der Waals surface area contributed by atoms with Gasteiger partial charge in [0, 0.05) is 48.8 Å². The van der Waals surface area contributed by atoms with E-state index in [0.29, 0.717) is 25.7 Å². The number of carbonyl (C=O) groups is 4. The third-order valence-electron chi connectivity index (χ3n) is 10.2. The Kier molecular flexibility index (Phi) is 21.0. The van der Waals surface area contributed by atoms with Crippen molar-refractivity contribution < 1.29 is 19.2 Å². The van der Waals surface area contributed by atoms with E-state index in [1.807, 2.05) is 51.2 Å². The smallest absolute Gasteiger partial charge is 0.227 e. The van der Waals surface area contributed by atoms with Crippen LogP contribution in [-0.4, -0.2) is 46.9 Å². The maximum absolute atomic E-state index is 14.3. The molecule has 0 radical (unpaired) electrons. The van der Waals surface area contributed by atoms with Gasteiger partial charge in [-0.1, -0.05) is 123 Å². The highest BCUT2D eigenvalue weighted by Crippen LogP contribution is 2.32. The van der Waals surface area contributed by atoms with Crippen LogP contribution in [-0.2, 0) is 25.6 Å². The quantitative estimate of drug-likeness (QED) is 0.0311. The topological polar surface area (TPSA) is 187 Å². The Morgan fingerprint density at radius 1 is 0.846 bits per heavy atom. The molecule has 1 aromatic heterocycles. The molecule has 2 amide bonds. The maximum Gasteiger partial charge on any atom is 0.227 e. The lowest BCUT2D eigenvalue weighted by Crippen LogP contribution is -2.49. The fourth-order valence-corrected chi connectivity index (χ4v) is 7.19. The molecule has 2 aromatic rings. The van der Waals surface area contributed by atoms with Crippen LogP contribution in [0.1, 0.15) is 155 Å². The number of guanidine groups is 1. The van der Waals surface area contributed by atoms with Gasteiger partial charge in [-0.2, -0.15) is 0 Å². The molecule has 0 saturated carbocycles. The van der Waals surface area contributed by atoms with E-state index in [-0.39, 0.29) is 55.2 Å². The Bertz CT molecular complexity index is 1400. The largest absolute Gasteiger partial charge is 0.370 e. The van der Waals surface area contributed by atoms with Gasteiger partial charge in [0.05, 0.1) is 11.5 Å². The second-order valence-corrected chi connectivity index (χ2v) is 15.7. The first-order valence-corrected chi connectivity index (χ1v) is 20.1. The van der Waals surface area contributed by atoms with E-state index in [4.69, 9.17) is 17.2 Å². The molecule has 10 heteroatoms. The Hall–Kier alpha value is -3.69. The molecule has 8 N–H and O–H groups in total. The molecule has 0 aliphatic carbocycles. The number of nitrogens with two attached hydrogens (primary N) is 3. The molecule has 0 aliphatic heterocycles. The van der Waals surface area contributed by atoms with Gasteiger partial charge in [0.25, 0.3) is 0 Å². The summed E-state index contributed by atoms with van der Waals surface area (Å²) in [6, 6.07) is 7.01. The molecule has 1 heterocycles. The summed E-state index contributed by atoms with van der Waals surface area (Å²) in [5, 5.41) is 4.01. The normalized spacial score (nSPS) is 13.8. The van der Waals surface area contributed by atoms with Gasteiger partial charge in [0.15, 0.2) is 11.7 Å². The van der Waals surface area contributed by atoms with Crippen LogP contribution in [0.2, 0.25) is 0 Å². The number of aromatic nitrogens is 1. The molecule has 0 aliphatic rings. The van der Waals surface area contributed by atoms with Crippen molar-refractivity contribution in [2.24, 2.45) is 39.4 Å². The van der Waals surface area contributed by atoms with E-state index in [2.05, 4.69) is 22.2 Å². The third-order valence-corrected chi connectivity index (χ3v) is 10.2. The van der Waals surface area contributed by atoms with Gasteiger partial charge in [-0.3, -0.25) is 24.2 Å². The van der Waals surface area contributed by atoms with E-state index in [1.165, 1.54) is 64.2 Å². The number of primary amides is 1. The zero-order valence-electron chi connectivity index (χ0n) is 32.8. The number of aliphatic imine (C=N–C) groups is 1. The first-order valence-electron chi connectivity index (χ1n) is 20.1. The Balaban J connectivity index is 2.10. The van der Waals surface area contributed by atoms with Crippen molar-refractivity contribution in [1.29, 1.82) is 0 Å². The van der Waals surface area contributed by atoms with E-state index in [1.54, 1.807) is 0 Å². The number of hydrogen-bond acceptors (Lipinski definition) is 5. The number of nitrogens with zero attached hydrogens (tertiary/aromatic N) is 1. The molecule has 2 rings (SSSR count). The number of fused-ring (bicyclic) bond motifs is 1. The van der Waals surface area contributed by atoms with E-state index < -0.39 is 23.3 Å². The van der Waals surface area contributed by atoms with Crippen molar-refractivity contribution >= 4 is 40.2 Å². The average molecular weight is 723 g/mol. The van der Waals surface area contributed by atoms with Crippen molar-refractivity contribution in [2.45, 2.75) is 162 Å². The minimum absolute atomic E-state index is 0.0434. The van der Waals surface area contributed by atoms with Crippen molar-refractivity contribution in [1.82, 2.24) is 10.3 Å². The fourth-order valence-electron chi connectivity index (χ4n) is 7.19. The van der Waals surface area contributed by atoms with Crippen LogP contribution >= 0.6 is 0 Å². The summed E-state index contributed by atoms with van der Waals surface area (Å²) < 4.78 is 0. The molecule has 10 nitrogen and oxygen atoms in total. The van der Waals surface area contributed by atoms with Crippen LogP contribution in [0.25, 0.3) is 10.9 Å². The molecule has 0 spiro atoms. The molecular formula is C42H70N6O4. The van der Waals surface area contributed by atoms with Crippen LogP contribution in [0, 0.1) is 17.3 Å². The van der Waals surface area contributed by atoms with Crippen LogP contribution in [0.15, 0.2) is 35.5 Å². The lowest BCUT2D eigenvalue weighted by Gasteiger charge is -2.30. The summed E-state index contributed by atoms with van der Waals surface area (Å²) in [4.78, 5) is 61.1. The molecule has 1 aromatic carbocycles. The van der Waals surface area contributed by atoms with Gasteiger partial charge in [-0.15, -0.1) is 0 Å². The number of hydrogen-bond donors (Lipinski definition) is 5. The zero-order chi connectivity index (χ0) is 38.4. The number of amides is 2. The van der Waals surface area contributed by atoms with Crippen LogP contribution in [0.3, 0.4) is 0 Å². The standard InChI is InChI=1S/C42H70N6O4/c1-5-6-7-8-9-10-11-12-13-14-15-16-17-21-34(49)29-42(4,28-33-30-47-36-23-19-18-22-35(33)36)40(52)48-37(24-20-25-46-41(44)45)38(50)27-32(39(43)51)26-31(2)3/h18-19,22-23,30-32,37,47H,5-17,20-21,24-29H2,1-4H3,(H2,43,51)(H,48,52)(H4,44,45,46)/t32-,37+,42-/m1/s1. The van der Waals surface area contributed by atoms with Gasteiger partial charge in [-0.25, -0.2) is 0 Å². The molecule has 0 saturated heterocycles. The SMILES string of the molecule is CCCCCCCCCCCCCCCC(=O)C[C@@](C)(Cc1c[nH]c2ccccc12)C(=O)N[C@@H](CCCN=C(N)N)C(=O)C[C@@H](CC(C)C)C(N)=O. The number of carbonyl (C=O) groups excluding carboxylic acids is 4. The minimum Gasteiger partial charge on any atom is -0.370 e. The van der Waals surface area contributed by atoms with Gasteiger partial charge < -0.3 is 27.5 Å². The average Bonchev–Trinajstić information content (AvgIpc) is 3.49. The molecule has 0 unspecified atom stereocenters. The van der Waals surface area contributed by atoms with Crippen LogP contribution < -0.4 is 22.5 Å². The van der Waals surface area contributed by atoms with E-state index >= 15 is 0 Å². The summed E-state index contributed by atoms with van der Waals surface area (Å²) in [7, 11) is 0. The van der Waals surface area contributed by atoms with E-state index in [9.17, 15) is 19.2 Å².